The van der Waals surface area contributed by atoms with Gasteiger partial charge in [0.2, 0.25) is 5.91 Å². The van der Waals surface area contributed by atoms with E-state index in [2.05, 4.69) is 12.1 Å². The predicted molar refractivity (Wildman–Crippen MR) is 99.2 cm³/mol. The smallest absolute Gasteiger partial charge is 0.228 e. The molecule has 4 nitrogen and oxygen atoms in total. The first-order valence-electron chi connectivity index (χ1n) is 9.42. The number of nitrogens with zero attached hydrogens (tertiary/aromatic N) is 1. The van der Waals surface area contributed by atoms with Crippen LogP contribution >= 0.6 is 0 Å². The molecule has 2 saturated heterocycles. The number of hydrogen-bond donors (Lipinski definition) is 0. The van der Waals surface area contributed by atoms with Crippen molar-refractivity contribution in [1.29, 1.82) is 0 Å². The van der Waals surface area contributed by atoms with Gasteiger partial charge in [-0.25, -0.2) is 0 Å². The topological polar surface area (TPSA) is 38.8 Å². The Balaban J connectivity index is 1.55. The van der Waals surface area contributed by atoms with Gasteiger partial charge in [-0.1, -0.05) is 60.7 Å². The Morgan fingerprint density at radius 1 is 1.00 bits per heavy atom. The molecule has 0 radical (unpaired) electrons. The van der Waals surface area contributed by atoms with E-state index < -0.39 is 5.72 Å². The zero-order chi connectivity index (χ0) is 17.8. The van der Waals surface area contributed by atoms with Crippen molar-refractivity contribution in [2.75, 3.05) is 6.61 Å². The summed E-state index contributed by atoms with van der Waals surface area (Å²) in [6, 6.07) is 20.2. The van der Waals surface area contributed by atoms with Crippen LogP contribution in [0.1, 0.15) is 36.8 Å². The molecule has 0 unspecified atom stereocenters. The Morgan fingerprint density at radius 3 is 2.35 bits per heavy atom. The van der Waals surface area contributed by atoms with Crippen molar-refractivity contribution in [3.63, 3.8) is 0 Å². The average Bonchev–Trinajstić information content (AvgIpc) is 2.94. The normalized spacial score (nSPS) is 25.8. The van der Waals surface area contributed by atoms with E-state index in [1.54, 1.807) is 0 Å². The molecule has 1 spiro atoms. The maximum Gasteiger partial charge on any atom is 0.228 e. The van der Waals surface area contributed by atoms with Gasteiger partial charge >= 0.3 is 0 Å². The summed E-state index contributed by atoms with van der Waals surface area (Å²) in [5, 5.41) is 0. The molecule has 2 atom stereocenters. The Morgan fingerprint density at radius 2 is 1.69 bits per heavy atom. The lowest BCUT2D eigenvalue weighted by Gasteiger charge is -2.44. The molecule has 136 valence electrons. The molecule has 2 heterocycles. The molecule has 2 aliphatic heterocycles. The first-order chi connectivity index (χ1) is 12.8. The van der Waals surface area contributed by atoms with Crippen LogP contribution in [0.15, 0.2) is 60.7 Å². The van der Waals surface area contributed by atoms with E-state index in [1.165, 1.54) is 0 Å². The molecule has 2 fully saturated rings. The summed E-state index contributed by atoms with van der Waals surface area (Å²) in [5.74, 6) is 0.119. The Hall–Kier alpha value is -2.17. The van der Waals surface area contributed by atoms with Crippen molar-refractivity contribution in [3.8, 4) is 0 Å². The number of carbonyl (C=O) groups excluding carboxylic acids is 1. The summed E-state index contributed by atoms with van der Waals surface area (Å²) in [6.07, 6.45) is 3.11. The minimum Gasteiger partial charge on any atom is -0.368 e. The molecule has 4 heteroatoms. The van der Waals surface area contributed by atoms with E-state index >= 15 is 0 Å². The van der Waals surface area contributed by atoms with Gasteiger partial charge in [-0.2, -0.15) is 0 Å². The number of ether oxygens (including phenoxy) is 2. The number of amides is 1. The minimum atomic E-state index is -0.625. The van der Waals surface area contributed by atoms with E-state index in [0.29, 0.717) is 26.2 Å². The van der Waals surface area contributed by atoms with Crippen molar-refractivity contribution in [2.45, 2.75) is 50.7 Å². The fourth-order valence-electron chi connectivity index (χ4n) is 4.03. The number of likely N-dealkylation sites (tertiary alicyclic amines) is 1. The molecule has 4 rings (SSSR count). The number of benzene rings is 2. The number of rotatable bonds is 5. The second-order valence-electron chi connectivity index (χ2n) is 7.11. The van der Waals surface area contributed by atoms with Crippen LogP contribution in [0.2, 0.25) is 0 Å². The highest BCUT2D eigenvalue weighted by molar-refractivity contribution is 5.80. The minimum absolute atomic E-state index is 0.119. The third-order valence-electron chi connectivity index (χ3n) is 5.38. The summed E-state index contributed by atoms with van der Waals surface area (Å²) in [5.41, 5.74) is 1.62. The highest BCUT2D eigenvalue weighted by Crippen LogP contribution is 2.41. The summed E-state index contributed by atoms with van der Waals surface area (Å²) in [6.45, 7) is 1.76. The largest absolute Gasteiger partial charge is 0.368 e. The van der Waals surface area contributed by atoms with Gasteiger partial charge in [-0.3, -0.25) is 4.79 Å². The van der Waals surface area contributed by atoms with E-state index in [-0.39, 0.29) is 12.0 Å². The molecule has 0 bridgehead atoms. The van der Waals surface area contributed by atoms with Gasteiger partial charge in [-0.05, 0) is 30.4 Å². The van der Waals surface area contributed by atoms with Crippen LogP contribution in [0.5, 0.6) is 0 Å². The van der Waals surface area contributed by atoms with E-state index in [0.717, 1.165) is 30.4 Å². The molecule has 26 heavy (non-hydrogen) atoms. The standard InChI is InChI=1S/C22H25NO3/c24-21-15-20(25-17-19-11-5-2-6-12-19)22(13-7-8-14-26-22)23(21)16-18-9-3-1-4-10-18/h1-6,9-12,20H,7-8,13-17H2/t20-,22+/m0/s1. The highest BCUT2D eigenvalue weighted by atomic mass is 16.6. The quantitative estimate of drug-likeness (QED) is 0.820. The molecule has 1 amide bonds. The lowest BCUT2D eigenvalue weighted by molar-refractivity contribution is -0.220. The van der Waals surface area contributed by atoms with Gasteiger partial charge in [0.05, 0.1) is 13.0 Å². The van der Waals surface area contributed by atoms with Gasteiger partial charge < -0.3 is 14.4 Å². The van der Waals surface area contributed by atoms with Crippen molar-refractivity contribution in [3.05, 3.63) is 71.8 Å². The Kier molecular flexibility index (Phi) is 5.05. The molecular weight excluding hydrogens is 326 g/mol. The zero-order valence-electron chi connectivity index (χ0n) is 15.0. The summed E-state index contributed by atoms with van der Waals surface area (Å²) in [4.78, 5) is 14.8. The van der Waals surface area contributed by atoms with Crippen LogP contribution in [0.4, 0.5) is 0 Å². The third-order valence-corrected chi connectivity index (χ3v) is 5.38. The van der Waals surface area contributed by atoms with Crippen LogP contribution in [0.25, 0.3) is 0 Å². The van der Waals surface area contributed by atoms with Crippen molar-refractivity contribution in [2.24, 2.45) is 0 Å². The summed E-state index contributed by atoms with van der Waals surface area (Å²) in [7, 11) is 0. The third kappa shape index (κ3) is 3.39. The average molecular weight is 351 g/mol. The van der Waals surface area contributed by atoms with Crippen LogP contribution < -0.4 is 0 Å². The lowest BCUT2D eigenvalue weighted by Crippen LogP contribution is -2.55. The van der Waals surface area contributed by atoms with Crippen molar-refractivity contribution < 1.29 is 14.3 Å². The monoisotopic (exact) mass is 351 g/mol. The maximum absolute atomic E-state index is 12.8. The zero-order valence-corrected chi connectivity index (χ0v) is 15.0. The SMILES string of the molecule is O=C1C[C@H](OCc2ccccc2)[C@]2(CCCCO2)N1Cc1ccccc1. The van der Waals surface area contributed by atoms with Gasteiger partial charge in [0.25, 0.3) is 0 Å². The van der Waals surface area contributed by atoms with E-state index in [4.69, 9.17) is 9.47 Å². The first-order valence-corrected chi connectivity index (χ1v) is 9.42. The van der Waals surface area contributed by atoms with Crippen molar-refractivity contribution >= 4 is 5.91 Å². The molecule has 2 aliphatic rings. The molecule has 2 aromatic rings. The predicted octanol–water partition coefficient (Wildman–Crippen LogP) is 3.90. The summed E-state index contributed by atoms with van der Waals surface area (Å²) >= 11 is 0. The van der Waals surface area contributed by atoms with Crippen LogP contribution in [0.3, 0.4) is 0 Å². The fourth-order valence-corrected chi connectivity index (χ4v) is 4.03. The molecule has 2 aromatic carbocycles. The molecule has 0 aromatic heterocycles. The van der Waals surface area contributed by atoms with Crippen LogP contribution in [-0.2, 0) is 27.4 Å². The van der Waals surface area contributed by atoms with E-state index in [1.807, 2.05) is 53.4 Å². The van der Waals surface area contributed by atoms with Crippen LogP contribution in [0, 0.1) is 0 Å². The molecule has 0 N–H and O–H groups in total. The molecular formula is C22H25NO3. The van der Waals surface area contributed by atoms with Gasteiger partial charge in [0.15, 0.2) is 5.72 Å². The van der Waals surface area contributed by atoms with Gasteiger partial charge in [0.1, 0.15) is 6.10 Å². The summed E-state index contributed by atoms with van der Waals surface area (Å²) < 4.78 is 12.5. The second-order valence-corrected chi connectivity index (χ2v) is 7.11. The number of hydrogen-bond acceptors (Lipinski definition) is 3. The highest BCUT2D eigenvalue weighted by Gasteiger charge is 2.55. The van der Waals surface area contributed by atoms with Crippen LogP contribution in [-0.4, -0.2) is 29.2 Å². The van der Waals surface area contributed by atoms with Gasteiger partial charge in [0, 0.05) is 13.2 Å². The maximum atomic E-state index is 12.8. The molecule has 0 aliphatic carbocycles. The first kappa shape index (κ1) is 17.3. The Bertz CT molecular complexity index is 726. The van der Waals surface area contributed by atoms with Crippen molar-refractivity contribution in [1.82, 2.24) is 4.90 Å². The number of carbonyl (C=O) groups is 1. The lowest BCUT2D eigenvalue weighted by atomic mass is 9.96. The van der Waals surface area contributed by atoms with Gasteiger partial charge in [-0.15, -0.1) is 0 Å². The second kappa shape index (κ2) is 7.60. The molecule has 0 saturated carbocycles. The Labute approximate surface area is 154 Å². The van der Waals surface area contributed by atoms with E-state index in [9.17, 15) is 4.79 Å². The fraction of sp³-hybridized carbons (Fsp3) is 0.409.